The first-order valence-electron chi connectivity index (χ1n) is 7.26. The molecule has 0 aromatic heterocycles. The molecule has 0 heterocycles. The lowest BCUT2D eigenvalue weighted by Crippen LogP contribution is -2.18. The van der Waals surface area contributed by atoms with Gasteiger partial charge in [0.25, 0.3) is 0 Å². The molecule has 0 saturated heterocycles. The Morgan fingerprint density at radius 3 is 1.61 bits per heavy atom. The van der Waals surface area contributed by atoms with Crippen LogP contribution >= 0.6 is 18.5 Å². The monoisotopic (exact) mass is 352 g/mol. The van der Waals surface area contributed by atoms with E-state index < -0.39 is 7.27 Å². The molecule has 0 amide bonds. The Morgan fingerprint density at radius 2 is 1.22 bits per heavy atom. The normalized spacial score (nSPS) is 12.0. The number of hydrogen-bond acceptors (Lipinski definition) is 3. The first kappa shape index (κ1) is 17.9. The van der Waals surface area contributed by atoms with Crippen molar-refractivity contribution in [1.82, 2.24) is 0 Å². The number of methoxy groups -OCH3 is 3. The highest BCUT2D eigenvalue weighted by atomic mass is 35.7. The molecule has 2 aromatic carbocycles. The summed E-state index contributed by atoms with van der Waals surface area (Å²) in [5.74, 6) is 2.04. The molecule has 124 valence electrons. The highest BCUT2D eigenvalue weighted by Crippen LogP contribution is 2.48. The van der Waals surface area contributed by atoms with E-state index in [9.17, 15) is 0 Å². The molecular weight excluding hydrogens is 331 g/mol. The van der Waals surface area contributed by atoms with E-state index in [4.69, 9.17) is 25.5 Å². The van der Waals surface area contributed by atoms with Gasteiger partial charge in [0, 0.05) is 17.4 Å². The van der Waals surface area contributed by atoms with Crippen LogP contribution in [0.4, 0.5) is 0 Å². The lowest BCUT2D eigenvalue weighted by molar-refractivity contribution is 0.380. The fourth-order valence-electron chi connectivity index (χ4n) is 2.77. The van der Waals surface area contributed by atoms with Gasteiger partial charge < -0.3 is 14.2 Å². The van der Waals surface area contributed by atoms with Gasteiger partial charge in [0.1, 0.15) is 17.2 Å². The molecular formula is C18H22ClO3P. The zero-order chi connectivity index (χ0) is 17.1. The third kappa shape index (κ3) is 3.57. The molecule has 1 atom stereocenters. The van der Waals surface area contributed by atoms with Crippen LogP contribution < -0.4 is 24.8 Å². The SMILES string of the molecule is COc1cc(OC)c(P(Cl)c2c(C)cc(C)cc2C)c(OC)c1. The third-order valence-corrected chi connectivity index (χ3v) is 6.66. The summed E-state index contributed by atoms with van der Waals surface area (Å²) in [5.41, 5.74) is 3.60. The number of benzene rings is 2. The van der Waals surface area contributed by atoms with Crippen molar-refractivity contribution in [2.24, 2.45) is 0 Å². The number of ether oxygens (including phenoxy) is 3. The smallest absolute Gasteiger partial charge is 0.135 e. The van der Waals surface area contributed by atoms with E-state index in [0.717, 1.165) is 10.6 Å². The van der Waals surface area contributed by atoms with Crippen molar-refractivity contribution in [3.8, 4) is 17.2 Å². The highest BCUT2D eigenvalue weighted by Gasteiger charge is 2.25. The van der Waals surface area contributed by atoms with Gasteiger partial charge in [-0.15, -0.1) is 0 Å². The quantitative estimate of drug-likeness (QED) is 0.754. The molecule has 0 aliphatic heterocycles. The Labute approximate surface area is 144 Å². The summed E-state index contributed by atoms with van der Waals surface area (Å²) < 4.78 is 16.4. The first-order valence-corrected chi connectivity index (χ1v) is 9.51. The molecule has 0 saturated carbocycles. The van der Waals surface area contributed by atoms with Gasteiger partial charge in [0.15, 0.2) is 0 Å². The maximum Gasteiger partial charge on any atom is 0.135 e. The maximum absolute atomic E-state index is 6.92. The third-order valence-electron chi connectivity index (χ3n) is 3.72. The van der Waals surface area contributed by atoms with Gasteiger partial charge >= 0.3 is 0 Å². The van der Waals surface area contributed by atoms with Crippen LogP contribution in [0.1, 0.15) is 16.7 Å². The molecule has 2 aromatic rings. The zero-order valence-electron chi connectivity index (χ0n) is 14.4. The van der Waals surface area contributed by atoms with E-state index in [2.05, 4.69) is 32.9 Å². The van der Waals surface area contributed by atoms with Crippen molar-refractivity contribution in [2.45, 2.75) is 20.8 Å². The molecule has 2 rings (SSSR count). The number of rotatable bonds is 5. The second-order valence-corrected chi connectivity index (χ2v) is 7.88. The predicted molar refractivity (Wildman–Crippen MR) is 98.8 cm³/mol. The largest absolute Gasteiger partial charge is 0.496 e. The lowest BCUT2D eigenvalue weighted by Gasteiger charge is -2.22. The van der Waals surface area contributed by atoms with Crippen LogP contribution in [0.15, 0.2) is 24.3 Å². The highest BCUT2D eigenvalue weighted by molar-refractivity contribution is 7.96. The molecule has 0 aliphatic carbocycles. The van der Waals surface area contributed by atoms with Gasteiger partial charge in [-0.3, -0.25) is 0 Å². The summed E-state index contributed by atoms with van der Waals surface area (Å²) in [6.45, 7) is 6.28. The van der Waals surface area contributed by atoms with E-state index in [1.807, 2.05) is 12.1 Å². The Kier molecular flexibility index (Phi) is 5.78. The minimum Gasteiger partial charge on any atom is -0.496 e. The fraction of sp³-hybridized carbons (Fsp3) is 0.333. The zero-order valence-corrected chi connectivity index (χ0v) is 16.0. The van der Waals surface area contributed by atoms with Gasteiger partial charge in [-0.1, -0.05) is 28.9 Å². The predicted octanol–water partition coefficient (Wildman–Crippen LogP) is 4.22. The number of aryl methyl sites for hydroxylation is 3. The van der Waals surface area contributed by atoms with Crippen LogP contribution in [-0.2, 0) is 0 Å². The van der Waals surface area contributed by atoms with Crippen molar-refractivity contribution in [3.63, 3.8) is 0 Å². The fourth-order valence-corrected chi connectivity index (χ4v) is 5.74. The molecule has 1 unspecified atom stereocenters. The van der Waals surface area contributed by atoms with Crippen molar-refractivity contribution in [1.29, 1.82) is 0 Å². The molecule has 0 N–H and O–H groups in total. The second-order valence-electron chi connectivity index (χ2n) is 5.41. The van der Waals surface area contributed by atoms with Crippen LogP contribution in [0.5, 0.6) is 17.2 Å². The average molecular weight is 353 g/mol. The molecule has 0 spiro atoms. The summed E-state index contributed by atoms with van der Waals surface area (Å²) in [7, 11) is 3.75. The summed E-state index contributed by atoms with van der Waals surface area (Å²) >= 11 is 6.92. The van der Waals surface area contributed by atoms with Crippen molar-refractivity contribution in [3.05, 3.63) is 41.0 Å². The molecule has 0 bridgehead atoms. The minimum absolute atomic E-state index is 0.680. The molecule has 23 heavy (non-hydrogen) atoms. The van der Waals surface area contributed by atoms with E-state index in [1.54, 1.807) is 21.3 Å². The maximum atomic E-state index is 6.92. The van der Waals surface area contributed by atoms with Crippen LogP contribution in [0.3, 0.4) is 0 Å². The van der Waals surface area contributed by atoms with Crippen LogP contribution in [-0.4, -0.2) is 21.3 Å². The Morgan fingerprint density at radius 1 is 0.739 bits per heavy atom. The van der Waals surface area contributed by atoms with Gasteiger partial charge in [-0.25, -0.2) is 0 Å². The molecule has 3 nitrogen and oxygen atoms in total. The molecule has 0 aliphatic rings. The van der Waals surface area contributed by atoms with E-state index >= 15 is 0 Å². The average Bonchev–Trinajstić information content (AvgIpc) is 2.52. The van der Waals surface area contributed by atoms with Gasteiger partial charge in [0.05, 0.1) is 33.9 Å². The number of hydrogen-bond donors (Lipinski definition) is 0. The molecule has 5 heteroatoms. The van der Waals surface area contributed by atoms with Crippen molar-refractivity contribution < 1.29 is 14.2 Å². The standard InChI is InChI=1S/C18H22ClO3P/c1-11-7-12(2)17(13(3)8-11)23(19)18-15(21-5)9-14(20-4)10-16(18)22-6/h7-10H,1-6H3. The number of halogens is 1. The summed E-state index contributed by atoms with van der Waals surface area (Å²) in [4.78, 5) is 0. The Hall–Kier alpha value is -1.44. The van der Waals surface area contributed by atoms with Crippen molar-refractivity contribution >= 4 is 29.1 Å². The van der Waals surface area contributed by atoms with Gasteiger partial charge in [0.2, 0.25) is 0 Å². The second kappa shape index (κ2) is 7.42. The van der Waals surface area contributed by atoms with Crippen LogP contribution in [0.2, 0.25) is 0 Å². The van der Waals surface area contributed by atoms with Crippen LogP contribution in [0, 0.1) is 20.8 Å². The van der Waals surface area contributed by atoms with Gasteiger partial charge in [-0.05, 0) is 31.9 Å². The van der Waals surface area contributed by atoms with E-state index in [-0.39, 0.29) is 0 Å². The Bertz CT molecular complexity index is 667. The summed E-state index contributed by atoms with van der Waals surface area (Å²) in [5, 5.41) is 2.02. The van der Waals surface area contributed by atoms with Gasteiger partial charge in [-0.2, -0.15) is 0 Å². The Balaban J connectivity index is 2.66. The minimum atomic E-state index is -1.13. The van der Waals surface area contributed by atoms with Crippen molar-refractivity contribution in [2.75, 3.05) is 21.3 Å². The van der Waals surface area contributed by atoms with E-state index in [0.29, 0.717) is 17.2 Å². The first-order chi connectivity index (χ1) is 10.9. The van der Waals surface area contributed by atoms with Crippen LogP contribution in [0.25, 0.3) is 0 Å². The summed E-state index contributed by atoms with van der Waals surface area (Å²) in [6.07, 6.45) is 0. The molecule has 0 radical (unpaired) electrons. The lowest BCUT2D eigenvalue weighted by atomic mass is 10.1. The topological polar surface area (TPSA) is 27.7 Å². The molecule has 0 fully saturated rings. The summed E-state index contributed by atoms with van der Waals surface area (Å²) in [6, 6.07) is 7.99. The van der Waals surface area contributed by atoms with E-state index in [1.165, 1.54) is 16.7 Å².